The lowest BCUT2D eigenvalue weighted by Gasteiger charge is -2.13. The van der Waals surface area contributed by atoms with Gasteiger partial charge in [-0.15, -0.1) is 0 Å². The lowest BCUT2D eigenvalue weighted by molar-refractivity contribution is -0.133. The quantitative estimate of drug-likeness (QED) is 0.853. The number of carboxylic acid groups (broad SMARTS) is 1. The van der Waals surface area contributed by atoms with Gasteiger partial charge in [0.15, 0.2) is 5.16 Å². The molecular formula is C14H16N2O2S. The molecule has 0 aliphatic carbocycles. The van der Waals surface area contributed by atoms with E-state index in [1.807, 2.05) is 29.7 Å². The second kappa shape index (κ2) is 5.93. The molecule has 1 aromatic carbocycles. The Balaban J connectivity index is 2.43. The van der Waals surface area contributed by atoms with Crippen LogP contribution in [0.4, 0.5) is 0 Å². The van der Waals surface area contributed by atoms with Crippen molar-refractivity contribution in [3.8, 4) is 5.69 Å². The highest BCUT2D eigenvalue weighted by atomic mass is 32.2. The minimum absolute atomic E-state index is 0.0186. The van der Waals surface area contributed by atoms with Gasteiger partial charge in [0.2, 0.25) is 0 Å². The first kappa shape index (κ1) is 13.7. The standard InChI is InChI=1S/C14H16N2O2S/c1-3-11-6-4-5-7-12(11)16-10(2)8-15-14(16)19-9-13(17)18/h4-8H,3,9H2,1-2H3,(H,17,18). The molecule has 5 heteroatoms. The third kappa shape index (κ3) is 2.98. The Labute approximate surface area is 116 Å². The van der Waals surface area contributed by atoms with E-state index in [-0.39, 0.29) is 5.75 Å². The van der Waals surface area contributed by atoms with Crippen molar-refractivity contribution in [2.75, 3.05) is 5.75 Å². The maximum atomic E-state index is 10.7. The van der Waals surface area contributed by atoms with Gasteiger partial charge in [0.05, 0.1) is 11.4 Å². The summed E-state index contributed by atoms with van der Waals surface area (Å²) in [5.74, 6) is -0.814. The highest BCUT2D eigenvalue weighted by Crippen LogP contribution is 2.25. The molecule has 0 fully saturated rings. The van der Waals surface area contributed by atoms with Crippen LogP contribution in [0.3, 0.4) is 0 Å². The van der Waals surface area contributed by atoms with E-state index < -0.39 is 5.97 Å². The Morgan fingerprint density at radius 1 is 1.42 bits per heavy atom. The van der Waals surface area contributed by atoms with Crippen molar-refractivity contribution in [2.45, 2.75) is 25.4 Å². The lowest BCUT2D eigenvalue weighted by Crippen LogP contribution is -2.05. The first-order valence-electron chi connectivity index (χ1n) is 6.10. The van der Waals surface area contributed by atoms with Crippen LogP contribution in [0.15, 0.2) is 35.6 Å². The number of hydrogen-bond acceptors (Lipinski definition) is 3. The van der Waals surface area contributed by atoms with E-state index in [2.05, 4.69) is 18.0 Å². The summed E-state index contributed by atoms with van der Waals surface area (Å²) in [5, 5.41) is 9.51. The number of rotatable bonds is 5. The van der Waals surface area contributed by atoms with Crippen LogP contribution in [0.25, 0.3) is 5.69 Å². The van der Waals surface area contributed by atoms with Crippen LogP contribution >= 0.6 is 11.8 Å². The van der Waals surface area contributed by atoms with Gasteiger partial charge in [-0.1, -0.05) is 36.9 Å². The minimum atomic E-state index is -0.832. The molecule has 19 heavy (non-hydrogen) atoms. The van der Waals surface area contributed by atoms with E-state index in [1.165, 1.54) is 17.3 Å². The molecule has 0 aliphatic rings. The van der Waals surface area contributed by atoms with Crippen LogP contribution in [-0.4, -0.2) is 26.4 Å². The summed E-state index contributed by atoms with van der Waals surface area (Å²) in [6.07, 6.45) is 2.70. The molecule has 2 rings (SSSR count). The molecule has 1 N–H and O–H groups in total. The molecule has 0 radical (unpaired) electrons. The summed E-state index contributed by atoms with van der Waals surface area (Å²) in [7, 11) is 0. The van der Waals surface area contributed by atoms with Gasteiger partial charge in [-0.3, -0.25) is 9.36 Å². The van der Waals surface area contributed by atoms with Crippen molar-refractivity contribution in [2.24, 2.45) is 0 Å². The van der Waals surface area contributed by atoms with Crippen LogP contribution < -0.4 is 0 Å². The van der Waals surface area contributed by atoms with Gasteiger partial charge in [-0.05, 0) is 25.0 Å². The maximum absolute atomic E-state index is 10.7. The minimum Gasteiger partial charge on any atom is -0.481 e. The van der Waals surface area contributed by atoms with E-state index >= 15 is 0 Å². The molecule has 0 spiro atoms. The summed E-state index contributed by atoms with van der Waals surface area (Å²) in [6, 6.07) is 8.12. The molecule has 100 valence electrons. The predicted molar refractivity (Wildman–Crippen MR) is 76.0 cm³/mol. The first-order valence-corrected chi connectivity index (χ1v) is 7.09. The Morgan fingerprint density at radius 2 is 2.16 bits per heavy atom. The fourth-order valence-electron chi connectivity index (χ4n) is 1.96. The highest BCUT2D eigenvalue weighted by molar-refractivity contribution is 7.99. The van der Waals surface area contributed by atoms with E-state index in [0.29, 0.717) is 0 Å². The van der Waals surface area contributed by atoms with Crippen molar-refractivity contribution >= 4 is 17.7 Å². The number of para-hydroxylation sites is 1. The molecule has 0 unspecified atom stereocenters. The monoisotopic (exact) mass is 276 g/mol. The fourth-order valence-corrected chi connectivity index (χ4v) is 2.72. The third-order valence-corrected chi connectivity index (χ3v) is 3.78. The number of aryl methyl sites for hydroxylation is 2. The number of aliphatic carboxylic acids is 1. The summed E-state index contributed by atoms with van der Waals surface area (Å²) < 4.78 is 2.02. The van der Waals surface area contributed by atoms with Crippen LogP contribution in [-0.2, 0) is 11.2 Å². The Hall–Kier alpha value is -1.75. The van der Waals surface area contributed by atoms with Gasteiger partial charge >= 0.3 is 5.97 Å². The number of carbonyl (C=O) groups is 1. The predicted octanol–water partition coefficient (Wildman–Crippen LogP) is 2.92. The van der Waals surface area contributed by atoms with Gasteiger partial charge in [-0.2, -0.15) is 0 Å². The number of imidazole rings is 1. The summed E-state index contributed by atoms with van der Waals surface area (Å²) >= 11 is 1.24. The number of aromatic nitrogens is 2. The number of thioether (sulfide) groups is 1. The molecule has 0 saturated heterocycles. The SMILES string of the molecule is CCc1ccccc1-n1c(C)cnc1SCC(=O)O. The summed E-state index contributed by atoms with van der Waals surface area (Å²) in [4.78, 5) is 15.0. The molecule has 0 atom stereocenters. The summed E-state index contributed by atoms with van der Waals surface area (Å²) in [6.45, 7) is 4.08. The van der Waals surface area contributed by atoms with Crippen molar-refractivity contribution in [1.82, 2.24) is 9.55 Å². The average Bonchev–Trinajstić information content (AvgIpc) is 2.77. The van der Waals surface area contributed by atoms with Gasteiger partial charge in [0.1, 0.15) is 0 Å². The Kier molecular flexibility index (Phi) is 4.27. The van der Waals surface area contributed by atoms with E-state index in [1.54, 1.807) is 6.20 Å². The van der Waals surface area contributed by atoms with Crippen molar-refractivity contribution < 1.29 is 9.90 Å². The third-order valence-electron chi connectivity index (χ3n) is 2.84. The van der Waals surface area contributed by atoms with Gasteiger partial charge in [-0.25, -0.2) is 4.98 Å². The van der Waals surface area contributed by atoms with E-state index in [9.17, 15) is 4.79 Å². The Morgan fingerprint density at radius 3 is 2.84 bits per heavy atom. The largest absolute Gasteiger partial charge is 0.481 e. The van der Waals surface area contributed by atoms with Gasteiger partial charge in [0.25, 0.3) is 0 Å². The molecule has 1 heterocycles. The van der Waals surface area contributed by atoms with Gasteiger partial charge < -0.3 is 5.11 Å². The zero-order valence-corrected chi connectivity index (χ0v) is 11.8. The molecule has 2 aromatic rings. The number of benzene rings is 1. The zero-order valence-electron chi connectivity index (χ0n) is 11.0. The fraction of sp³-hybridized carbons (Fsp3) is 0.286. The van der Waals surface area contributed by atoms with E-state index in [4.69, 9.17) is 5.11 Å². The number of carboxylic acids is 1. The lowest BCUT2D eigenvalue weighted by atomic mass is 10.1. The normalized spacial score (nSPS) is 10.6. The van der Waals surface area contributed by atoms with Crippen LogP contribution in [0.5, 0.6) is 0 Å². The maximum Gasteiger partial charge on any atom is 0.313 e. The second-order valence-electron chi connectivity index (χ2n) is 4.18. The smallest absolute Gasteiger partial charge is 0.313 e. The highest BCUT2D eigenvalue weighted by Gasteiger charge is 2.13. The zero-order chi connectivity index (χ0) is 13.8. The van der Waals surface area contributed by atoms with Crippen molar-refractivity contribution in [3.63, 3.8) is 0 Å². The van der Waals surface area contributed by atoms with E-state index in [0.717, 1.165) is 23.0 Å². The van der Waals surface area contributed by atoms with Crippen LogP contribution in [0.1, 0.15) is 18.2 Å². The molecule has 0 saturated carbocycles. The first-order chi connectivity index (χ1) is 9.13. The molecular weight excluding hydrogens is 260 g/mol. The van der Waals surface area contributed by atoms with Crippen LogP contribution in [0.2, 0.25) is 0 Å². The van der Waals surface area contributed by atoms with Crippen molar-refractivity contribution in [1.29, 1.82) is 0 Å². The Bertz CT molecular complexity index is 593. The average molecular weight is 276 g/mol. The molecule has 1 aromatic heterocycles. The molecule has 4 nitrogen and oxygen atoms in total. The second-order valence-corrected chi connectivity index (χ2v) is 5.12. The molecule has 0 aliphatic heterocycles. The molecule has 0 amide bonds. The topological polar surface area (TPSA) is 55.1 Å². The summed E-state index contributed by atoms with van der Waals surface area (Å²) in [5.41, 5.74) is 3.31. The molecule has 0 bridgehead atoms. The van der Waals surface area contributed by atoms with Gasteiger partial charge in [0, 0.05) is 11.9 Å². The number of nitrogens with zero attached hydrogens (tertiary/aromatic N) is 2. The van der Waals surface area contributed by atoms with Crippen LogP contribution in [0, 0.1) is 6.92 Å². The van der Waals surface area contributed by atoms with Crippen molar-refractivity contribution in [3.05, 3.63) is 41.7 Å². The number of hydrogen-bond donors (Lipinski definition) is 1.